The van der Waals surface area contributed by atoms with E-state index in [-0.39, 0.29) is 0 Å². The number of benzene rings is 2. The maximum Gasteiger partial charge on any atom is 0.229 e. The molecular formula is C24H27N7O2. The minimum absolute atomic E-state index is 0.696. The maximum atomic E-state index is 5.54. The first kappa shape index (κ1) is 20.9. The predicted molar refractivity (Wildman–Crippen MR) is 130 cm³/mol. The topological polar surface area (TPSA) is 80.6 Å². The first-order valence-corrected chi connectivity index (χ1v) is 10.9. The number of nitrogens with zero attached hydrogens (tertiary/aromatic N) is 6. The van der Waals surface area contributed by atoms with Gasteiger partial charge in [0.1, 0.15) is 17.3 Å². The standard InChI is InChI=1S/C24H27N7O2/c1-29-23-19(16-25-29)22(26-17-8-10-18(32-2)11-9-17)27-24(28-23)31-14-12-30(13-15-31)20-6-4-5-7-21(20)33-3/h4-11,16H,12-15H2,1-3H3,(H,26,27,28). The molecule has 33 heavy (non-hydrogen) atoms. The third kappa shape index (κ3) is 4.09. The van der Waals surface area contributed by atoms with Crippen molar-refractivity contribution in [2.24, 2.45) is 7.05 Å². The van der Waals surface area contributed by atoms with Crippen molar-refractivity contribution in [2.45, 2.75) is 0 Å². The molecule has 1 saturated heterocycles. The van der Waals surface area contributed by atoms with Crippen molar-refractivity contribution in [3.8, 4) is 11.5 Å². The Morgan fingerprint density at radius 3 is 2.30 bits per heavy atom. The van der Waals surface area contributed by atoms with Crippen LogP contribution in [0.25, 0.3) is 11.0 Å². The van der Waals surface area contributed by atoms with Gasteiger partial charge in [-0.05, 0) is 36.4 Å². The van der Waals surface area contributed by atoms with Crippen LogP contribution in [0.4, 0.5) is 23.1 Å². The predicted octanol–water partition coefficient (Wildman–Crippen LogP) is 3.45. The van der Waals surface area contributed by atoms with E-state index in [9.17, 15) is 0 Å². The molecule has 2 aromatic heterocycles. The fourth-order valence-corrected chi connectivity index (χ4v) is 4.10. The van der Waals surface area contributed by atoms with Crippen LogP contribution in [0.15, 0.2) is 54.7 Å². The molecule has 3 heterocycles. The number of methoxy groups -OCH3 is 2. The Labute approximate surface area is 192 Å². The van der Waals surface area contributed by atoms with Crippen molar-refractivity contribution in [1.29, 1.82) is 0 Å². The zero-order valence-corrected chi connectivity index (χ0v) is 19.0. The molecule has 1 aliphatic rings. The largest absolute Gasteiger partial charge is 0.497 e. The molecule has 1 aliphatic heterocycles. The Hall–Kier alpha value is -4.01. The second-order valence-electron chi connectivity index (χ2n) is 7.88. The van der Waals surface area contributed by atoms with E-state index in [1.165, 1.54) is 0 Å². The maximum absolute atomic E-state index is 5.54. The lowest BCUT2D eigenvalue weighted by Gasteiger charge is -2.36. The van der Waals surface area contributed by atoms with E-state index in [4.69, 9.17) is 19.4 Å². The summed E-state index contributed by atoms with van der Waals surface area (Å²) >= 11 is 0. The average molecular weight is 446 g/mol. The van der Waals surface area contributed by atoms with Gasteiger partial charge in [0.05, 0.1) is 31.5 Å². The van der Waals surface area contributed by atoms with Crippen LogP contribution in [0.3, 0.4) is 0 Å². The highest BCUT2D eigenvalue weighted by atomic mass is 16.5. The van der Waals surface area contributed by atoms with Gasteiger partial charge in [0.2, 0.25) is 5.95 Å². The zero-order chi connectivity index (χ0) is 22.8. The lowest BCUT2D eigenvalue weighted by Crippen LogP contribution is -2.47. The van der Waals surface area contributed by atoms with Crippen LogP contribution < -0.4 is 24.6 Å². The number of ether oxygens (including phenoxy) is 2. The number of anilines is 4. The molecule has 4 aromatic rings. The molecule has 0 spiro atoms. The van der Waals surface area contributed by atoms with E-state index >= 15 is 0 Å². The van der Waals surface area contributed by atoms with Gasteiger partial charge in [-0.2, -0.15) is 15.1 Å². The Morgan fingerprint density at radius 2 is 1.58 bits per heavy atom. The van der Waals surface area contributed by atoms with Crippen LogP contribution in [-0.4, -0.2) is 60.1 Å². The number of aryl methyl sites for hydroxylation is 1. The first-order valence-electron chi connectivity index (χ1n) is 10.9. The first-order chi connectivity index (χ1) is 16.2. The normalized spacial score (nSPS) is 13.9. The summed E-state index contributed by atoms with van der Waals surface area (Å²) < 4.78 is 12.6. The molecule has 0 radical (unpaired) electrons. The van der Waals surface area contributed by atoms with Gasteiger partial charge in [-0.3, -0.25) is 4.68 Å². The minimum atomic E-state index is 0.696. The smallest absolute Gasteiger partial charge is 0.229 e. The lowest BCUT2D eigenvalue weighted by molar-refractivity contribution is 0.413. The van der Waals surface area contributed by atoms with Gasteiger partial charge < -0.3 is 24.6 Å². The number of aromatic nitrogens is 4. The highest BCUT2D eigenvalue weighted by molar-refractivity contribution is 5.89. The Kier molecular flexibility index (Phi) is 5.60. The van der Waals surface area contributed by atoms with Crippen LogP contribution in [0, 0.1) is 0 Å². The van der Waals surface area contributed by atoms with Crippen molar-refractivity contribution in [1.82, 2.24) is 19.7 Å². The van der Waals surface area contributed by atoms with E-state index in [1.54, 1.807) is 25.1 Å². The molecule has 170 valence electrons. The van der Waals surface area contributed by atoms with Crippen LogP contribution >= 0.6 is 0 Å². The lowest BCUT2D eigenvalue weighted by atomic mass is 10.2. The van der Waals surface area contributed by atoms with Gasteiger partial charge in [-0.25, -0.2) is 0 Å². The van der Waals surface area contributed by atoms with E-state index in [0.29, 0.717) is 5.95 Å². The fourth-order valence-electron chi connectivity index (χ4n) is 4.10. The van der Waals surface area contributed by atoms with Crippen LogP contribution in [-0.2, 0) is 7.05 Å². The summed E-state index contributed by atoms with van der Waals surface area (Å²) in [5.74, 6) is 3.13. The highest BCUT2D eigenvalue weighted by Crippen LogP contribution is 2.30. The van der Waals surface area contributed by atoms with Crippen LogP contribution in [0.1, 0.15) is 0 Å². The molecule has 1 fully saturated rings. The SMILES string of the molecule is COc1ccc(Nc2nc(N3CCN(c4ccccc4OC)CC3)nc3c2cnn3C)cc1. The second kappa shape index (κ2) is 8.85. The zero-order valence-electron chi connectivity index (χ0n) is 19.0. The molecule has 0 saturated carbocycles. The van der Waals surface area contributed by atoms with Gasteiger partial charge in [0, 0.05) is 38.9 Å². The molecule has 9 heteroatoms. The number of fused-ring (bicyclic) bond motifs is 1. The van der Waals surface area contributed by atoms with Crippen molar-refractivity contribution < 1.29 is 9.47 Å². The summed E-state index contributed by atoms with van der Waals surface area (Å²) in [7, 11) is 5.27. The van der Waals surface area contributed by atoms with Crippen molar-refractivity contribution >= 4 is 34.2 Å². The van der Waals surface area contributed by atoms with Crippen LogP contribution in [0.5, 0.6) is 11.5 Å². The number of rotatable bonds is 6. The van der Waals surface area contributed by atoms with Gasteiger partial charge in [0.15, 0.2) is 5.65 Å². The fraction of sp³-hybridized carbons (Fsp3) is 0.292. The summed E-state index contributed by atoms with van der Waals surface area (Å²) in [4.78, 5) is 14.3. The molecule has 2 aromatic carbocycles. The summed E-state index contributed by atoms with van der Waals surface area (Å²) in [5.41, 5.74) is 2.83. The van der Waals surface area contributed by atoms with Gasteiger partial charge >= 0.3 is 0 Å². The molecule has 0 amide bonds. The van der Waals surface area contributed by atoms with E-state index < -0.39 is 0 Å². The molecule has 0 unspecified atom stereocenters. The van der Waals surface area contributed by atoms with Gasteiger partial charge in [-0.15, -0.1) is 0 Å². The van der Waals surface area contributed by atoms with E-state index in [1.807, 2.05) is 49.5 Å². The van der Waals surface area contributed by atoms with Crippen molar-refractivity contribution in [3.05, 3.63) is 54.7 Å². The number of hydrogen-bond acceptors (Lipinski definition) is 8. The molecule has 0 aliphatic carbocycles. The second-order valence-corrected chi connectivity index (χ2v) is 7.88. The molecule has 0 bridgehead atoms. The number of para-hydroxylation sites is 2. The number of piperazine rings is 1. The summed E-state index contributed by atoms with van der Waals surface area (Å²) in [6.45, 7) is 3.33. The third-order valence-electron chi connectivity index (χ3n) is 5.92. The molecule has 5 rings (SSSR count). The summed E-state index contributed by atoms with van der Waals surface area (Å²) in [6.07, 6.45) is 1.80. The number of hydrogen-bond donors (Lipinski definition) is 1. The summed E-state index contributed by atoms with van der Waals surface area (Å²) in [5, 5.41) is 8.70. The van der Waals surface area contributed by atoms with Gasteiger partial charge in [0.25, 0.3) is 0 Å². The molecule has 0 atom stereocenters. The Morgan fingerprint density at radius 1 is 0.848 bits per heavy atom. The van der Waals surface area contributed by atoms with E-state index in [2.05, 4.69) is 26.3 Å². The third-order valence-corrected chi connectivity index (χ3v) is 5.92. The van der Waals surface area contributed by atoms with Gasteiger partial charge in [-0.1, -0.05) is 12.1 Å². The van der Waals surface area contributed by atoms with Crippen molar-refractivity contribution in [2.75, 3.05) is 55.5 Å². The quantitative estimate of drug-likeness (QED) is 0.483. The minimum Gasteiger partial charge on any atom is -0.497 e. The molecular weight excluding hydrogens is 418 g/mol. The Balaban J connectivity index is 1.40. The molecule has 1 N–H and O–H groups in total. The average Bonchev–Trinajstić information content (AvgIpc) is 3.25. The highest BCUT2D eigenvalue weighted by Gasteiger charge is 2.23. The summed E-state index contributed by atoms with van der Waals surface area (Å²) in [6, 6.07) is 15.9. The monoisotopic (exact) mass is 445 g/mol. The Bertz CT molecular complexity index is 1250. The molecule has 9 nitrogen and oxygen atoms in total. The van der Waals surface area contributed by atoms with Crippen molar-refractivity contribution in [3.63, 3.8) is 0 Å². The van der Waals surface area contributed by atoms with E-state index in [0.717, 1.165) is 65.9 Å². The number of nitrogens with one attached hydrogen (secondary N) is 1. The van der Waals surface area contributed by atoms with Crippen LogP contribution in [0.2, 0.25) is 0 Å².